The Balaban J connectivity index is 1.59. The average Bonchev–Trinajstić information content (AvgIpc) is 3.04. The maximum atomic E-state index is 12.2. The first-order valence-electron chi connectivity index (χ1n) is 9.22. The number of benzene rings is 1. The summed E-state index contributed by atoms with van der Waals surface area (Å²) in [7, 11) is 0. The number of hydrogen-bond acceptors (Lipinski definition) is 4. The Morgan fingerprint density at radius 2 is 1.86 bits per heavy atom. The van der Waals surface area contributed by atoms with Gasteiger partial charge in [0.1, 0.15) is 5.54 Å². The van der Waals surface area contributed by atoms with Crippen LogP contribution in [0.4, 0.5) is 4.79 Å². The van der Waals surface area contributed by atoms with Crippen LogP contribution < -0.4 is 10.6 Å². The van der Waals surface area contributed by atoms with Crippen molar-refractivity contribution in [2.24, 2.45) is 0 Å². The van der Waals surface area contributed by atoms with Crippen molar-refractivity contribution in [2.45, 2.75) is 46.2 Å². The summed E-state index contributed by atoms with van der Waals surface area (Å²) in [6.07, 6.45) is 0.0557. The van der Waals surface area contributed by atoms with E-state index in [1.807, 2.05) is 48.9 Å². The quantitative estimate of drug-likeness (QED) is 0.744. The van der Waals surface area contributed by atoms with Crippen molar-refractivity contribution in [3.05, 3.63) is 47.3 Å². The standard InChI is InChI=1S/C20H25N5O3/c1-13-16(14(2)25(23-13)15-8-6-5-7-9-15)12-21-17(26)10-11-24-18(27)20(3,4)22-19(24)28/h5-9H,10-12H2,1-4H3,(H,21,26)(H,22,28). The number of nitrogens with one attached hydrogen (secondary N) is 2. The molecule has 0 spiro atoms. The van der Waals surface area contributed by atoms with Crippen LogP contribution in [0.3, 0.4) is 0 Å². The van der Waals surface area contributed by atoms with Crippen LogP contribution in [0.1, 0.15) is 37.2 Å². The summed E-state index contributed by atoms with van der Waals surface area (Å²) in [5.41, 5.74) is 2.79. The van der Waals surface area contributed by atoms with Crippen LogP contribution in [0, 0.1) is 13.8 Å². The number of imide groups is 1. The number of carbonyl (C=O) groups excluding carboxylic acids is 3. The lowest BCUT2D eigenvalue weighted by molar-refractivity contribution is -0.130. The molecule has 28 heavy (non-hydrogen) atoms. The van der Waals surface area contributed by atoms with Crippen LogP contribution in [0.25, 0.3) is 5.69 Å². The van der Waals surface area contributed by atoms with Crippen LogP contribution in [-0.4, -0.2) is 44.6 Å². The average molecular weight is 383 g/mol. The molecule has 8 heteroatoms. The van der Waals surface area contributed by atoms with E-state index in [0.717, 1.165) is 27.5 Å². The fourth-order valence-electron chi connectivity index (χ4n) is 3.26. The molecule has 148 valence electrons. The molecule has 0 atom stereocenters. The van der Waals surface area contributed by atoms with Crippen LogP contribution in [0.5, 0.6) is 0 Å². The van der Waals surface area contributed by atoms with Gasteiger partial charge < -0.3 is 10.6 Å². The highest BCUT2D eigenvalue weighted by Crippen LogP contribution is 2.18. The highest BCUT2D eigenvalue weighted by atomic mass is 16.2. The summed E-state index contributed by atoms with van der Waals surface area (Å²) in [6.45, 7) is 7.55. The van der Waals surface area contributed by atoms with E-state index in [9.17, 15) is 14.4 Å². The van der Waals surface area contributed by atoms with E-state index >= 15 is 0 Å². The molecular formula is C20H25N5O3. The van der Waals surface area contributed by atoms with Crippen molar-refractivity contribution in [3.63, 3.8) is 0 Å². The fraction of sp³-hybridized carbons (Fsp3) is 0.400. The second-order valence-corrected chi connectivity index (χ2v) is 7.44. The summed E-state index contributed by atoms with van der Waals surface area (Å²) < 4.78 is 1.85. The zero-order valence-electron chi connectivity index (χ0n) is 16.6. The van der Waals surface area contributed by atoms with Gasteiger partial charge >= 0.3 is 6.03 Å². The molecule has 2 aromatic rings. The van der Waals surface area contributed by atoms with Crippen molar-refractivity contribution in [2.75, 3.05) is 6.54 Å². The smallest absolute Gasteiger partial charge is 0.325 e. The molecule has 1 aromatic carbocycles. The lowest BCUT2D eigenvalue weighted by Gasteiger charge is -2.15. The van der Waals surface area contributed by atoms with Crippen LogP contribution >= 0.6 is 0 Å². The molecule has 1 aliphatic heterocycles. The zero-order chi connectivity index (χ0) is 20.5. The first-order chi connectivity index (χ1) is 13.2. The Labute approximate surface area is 163 Å². The number of nitrogens with zero attached hydrogens (tertiary/aromatic N) is 3. The van der Waals surface area contributed by atoms with Gasteiger partial charge in [-0.2, -0.15) is 5.10 Å². The Hall–Kier alpha value is -3.16. The van der Waals surface area contributed by atoms with Gasteiger partial charge in [-0.1, -0.05) is 18.2 Å². The van der Waals surface area contributed by atoms with Crippen molar-refractivity contribution in [3.8, 4) is 5.69 Å². The summed E-state index contributed by atoms with van der Waals surface area (Å²) in [6, 6.07) is 9.33. The van der Waals surface area contributed by atoms with Crippen molar-refractivity contribution < 1.29 is 14.4 Å². The van der Waals surface area contributed by atoms with Crippen molar-refractivity contribution in [1.82, 2.24) is 25.3 Å². The number of amides is 4. The highest BCUT2D eigenvalue weighted by Gasteiger charge is 2.43. The molecule has 2 N–H and O–H groups in total. The second kappa shape index (κ2) is 7.46. The lowest BCUT2D eigenvalue weighted by Crippen LogP contribution is -2.40. The Morgan fingerprint density at radius 3 is 2.46 bits per heavy atom. The minimum atomic E-state index is -0.923. The van der Waals surface area contributed by atoms with Gasteiger partial charge in [0.2, 0.25) is 5.91 Å². The molecule has 2 heterocycles. The van der Waals surface area contributed by atoms with E-state index in [2.05, 4.69) is 15.7 Å². The van der Waals surface area contributed by atoms with Crippen LogP contribution in [-0.2, 0) is 16.1 Å². The van der Waals surface area contributed by atoms with E-state index in [0.29, 0.717) is 6.54 Å². The van der Waals surface area contributed by atoms with Crippen LogP contribution in [0.15, 0.2) is 30.3 Å². The predicted molar refractivity (Wildman–Crippen MR) is 104 cm³/mol. The molecule has 0 saturated carbocycles. The van der Waals surface area contributed by atoms with E-state index in [1.165, 1.54) is 0 Å². The molecule has 1 fully saturated rings. The number of urea groups is 1. The highest BCUT2D eigenvalue weighted by molar-refractivity contribution is 6.06. The molecule has 0 bridgehead atoms. The van der Waals surface area contributed by atoms with Crippen LogP contribution in [0.2, 0.25) is 0 Å². The number of aryl methyl sites for hydroxylation is 1. The molecule has 1 aliphatic rings. The summed E-state index contributed by atoms with van der Waals surface area (Å²) in [5.74, 6) is -0.544. The largest absolute Gasteiger partial charge is 0.352 e. The van der Waals surface area contributed by atoms with Gasteiger partial charge in [0, 0.05) is 30.8 Å². The monoisotopic (exact) mass is 383 g/mol. The maximum Gasteiger partial charge on any atom is 0.325 e. The van der Waals surface area contributed by atoms with E-state index in [1.54, 1.807) is 13.8 Å². The fourth-order valence-corrected chi connectivity index (χ4v) is 3.26. The molecular weight excluding hydrogens is 358 g/mol. The third-order valence-electron chi connectivity index (χ3n) is 4.91. The second-order valence-electron chi connectivity index (χ2n) is 7.44. The minimum absolute atomic E-state index is 0.0557. The van der Waals surface area contributed by atoms with Gasteiger partial charge in [0.15, 0.2) is 0 Å². The molecule has 1 aromatic heterocycles. The Morgan fingerprint density at radius 1 is 1.18 bits per heavy atom. The molecule has 0 unspecified atom stereocenters. The van der Waals surface area contributed by atoms with E-state index < -0.39 is 11.6 Å². The van der Waals surface area contributed by atoms with Gasteiger partial charge in [-0.15, -0.1) is 0 Å². The maximum absolute atomic E-state index is 12.2. The molecule has 8 nitrogen and oxygen atoms in total. The van der Waals surface area contributed by atoms with Gasteiger partial charge in [-0.3, -0.25) is 14.5 Å². The van der Waals surface area contributed by atoms with Gasteiger partial charge in [-0.25, -0.2) is 9.48 Å². The summed E-state index contributed by atoms with van der Waals surface area (Å²) in [5, 5.41) is 10.0. The molecule has 1 saturated heterocycles. The number of para-hydroxylation sites is 1. The molecule has 3 rings (SSSR count). The zero-order valence-corrected chi connectivity index (χ0v) is 16.6. The third kappa shape index (κ3) is 3.76. The molecule has 0 aliphatic carbocycles. The Bertz CT molecular complexity index is 917. The normalized spacial score (nSPS) is 15.6. The van der Waals surface area contributed by atoms with Gasteiger partial charge in [0.05, 0.1) is 11.4 Å². The minimum Gasteiger partial charge on any atom is -0.352 e. The molecule has 4 amide bonds. The first-order valence-corrected chi connectivity index (χ1v) is 9.22. The SMILES string of the molecule is Cc1nn(-c2ccccc2)c(C)c1CNC(=O)CCN1C(=O)NC(C)(C)C1=O. The Kier molecular flexibility index (Phi) is 5.22. The molecule has 0 radical (unpaired) electrons. The van der Waals surface area contributed by atoms with Crippen molar-refractivity contribution >= 4 is 17.8 Å². The topological polar surface area (TPSA) is 96.3 Å². The lowest BCUT2D eigenvalue weighted by atomic mass is 10.1. The predicted octanol–water partition coefficient (Wildman–Crippen LogP) is 1.83. The summed E-state index contributed by atoms with van der Waals surface area (Å²) >= 11 is 0. The third-order valence-corrected chi connectivity index (χ3v) is 4.91. The first kappa shape index (κ1) is 19.6. The number of hydrogen-bond donors (Lipinski definition) is 2. The van der Waals surface area contributed by atoms with E-state index in [-0.39, 0.29) is 24.8 Å². The van der Waals surface area contributed by atoms with Gasteiger partial charge in [0.25, 0.3) is 5.91 Å². The van der Waals surface area contributed by atoms with Crippen molar-refractivity contribution in [1.29, 1.82) is 0 Å². The van der Waals surface area contributed by atoms with Gasteiger partial charge in [-0.05, 0) is 39.8 Å². The number of carbonyl (C=O) groups is 3. The van der Waals surface area contributed by atoms with E-state index in [4.69, 9.17) is 0 Å². The number of aromatic nitrogens is 2. The summed E-state index contributed by atoms with van der Waals surface area (Å²) in [4.78, 5) is 37.4. The number of rotatable bonds is 6.